The van der Waals surface area contributed by atoms with Gasteiger partial charge >= 0.3 is 6.01 Å². The van der Waals surface area contributed by atoms with Gasteiger partial charge in [-0.2, -0.15) is 20.1 Å². The molecule has 2 aliphatic rings. The summed E-state index contributed by atoms with van der Waals surface area (Å²) in [6.45, 7) is 7.25. The Bertz CT molecular complexity index is 853. The molecule has 4 rings (SSSR count). The van der Waals surface area contributed by atoms with Crippen LogP contribution in [0.3, 0.4) is 0 Å². The first kappa shape index (κ1) is 21.2. The molecule has 0 bridgehead atoms. The average Bonchev–Trinajstić information content (AvgIpc) is 2.82. The van der Waals surface area contributed by atoms with E-state index in [1.807, 2.05) is 4.90 Å². The van der Waals surface area contributed by atoms with Crippen molar-refractivity contribution in [1.82, 2.24) is 19.9 Å². The number of aromatic nitrogens is 3. The Hall–Kier alpha value is -3.02. The summed E-state index contributed by atoms with van der Waals surface area (Å²) in [6.07, 6.45) is 1.52. The highest BCUT2D eigenvalue weighted by molar-refractivity contribution is 5.75. The molecule has 2 aliphatic heterocycles. The minimum absolute atomic E-state index is 0.195. The molecule has 0 atom stereocenters. The molecule has 11 heteroatoms. The molecule has 2 N–H and O–H groups in total. The third-order valence-electron chi connectivity index (χ3n) is 4.90. The van der Waals surface area contributed by atoms with Gasteiger partial charge < -0.3 is 24.2 Å². The molecule has 2 saturated heterocycles. The highest BCUT2D eigenvalue weighted by Crippen LogP contribution is 2.15. The monoisotopic (exact) mass is 429 g/mol. The number of nitrogens with one attached hydrogen (secondary N) is 1. The van der Waals surface area contributed by atoms with Gasteiger partial charge in [-0.3, -0.25) is 10.3 Å². The topological polar surface area (TPSA) is 117 Å². The lowest BCUT2D eigenvalue weighted by molar-refractivity contribution is 0.0317. The highest BCUT2D eigenvalue weighted by Gasteiger charge is 2.17. The van der Waals surface area contributed by atoms with Gasteiger partial charge in [-0.05, 0) is 24.3 Å². The van der Waals surface area contributed by atoms with Crippen molar-refractivity contribution in [2.45, 2.75) is 0 Å². The zero-order valence-corrected chi connectivity index (χ0v) is 17.3. The van der Waals surface area contributed by atoms with E-state index in [1.54, 1.807) is 24.3 Å². The van der Waals surface area contributed by atoms with Crippen LogP contribution in [0.1, 0.15) is 5.82 Å². The van der Waals surface area contributed by atoms with Crippen molar-refractivity contribution in [3.63, 3.8) is 0 Å². The van der Waals surface area contributed by atoms with Gasteiger partial charge in [0.15, 0.2) is 5.82 Å². The van der Waals surface area contributed by atoms with Gasteiger partial charge in [-0.1, -0.05) is 0 Å². The van der Waals surface area contributed by atoms with Crippen molar-refractivity contribution in [3.8, 4) is 11.8 Å². The lowest BCUT2D eigenvalue weighted by Gasteiger charge is -2.27. The van der Waals surface area contributed by atoms with Crippen LogP contribution in [0.25, 0.3) is 0 Å². The van der Waals surface area contributed by atoms with Crippen LogP contribution >= 0.6 is 0 Å². The Morgan fingerprint density at radius 2 is 1.71 bits per heavy atom. The quantitative estimate of drug-likeness (QED) is 0.350. The number of morpholine rings is 2. The standard InChI is InChI=1S/C20H27N7O4/c28-17-3-1-16(2-4-17)25-21-15-18-22-19(27-8-12-30-13-9-27)24-20(23-18)31-14-7-26-5-10-29-11-6-26/h1-4,15,25,28H,5-14H2. The van der Waals surface area contributed by atoms with Gasteiger partial charge in [0.25, 0.3) is 0 Å². The average molecular weight is 429 g/mol. The van der Waals surface area contributed by atoms with Crippen LogP contribution in [0.2, 0.25) is 0 Å². The summed E-state index contributed by atoms with van der Waals surface area (Å²) < 4.78 is 16.6. The van der Waals surface area contributed by atoms with Crippen LogP contribution in [-0.2, 0) is 9.47 Å². The van der Waals surface area contributed by atoms with Gasteiger partial charge in [0.1, 0.15) is 12.4 Å². The Balaban J connectivity index is 1.42. The zero-order chi connectivity index (χ0) is 21.3. The maximum absolute atomic E-state index is 9.37. The Morgan fingerprint density at radius 3 is 2.45 bits per heavy atom. The predicted molar refractivity (Wildman–Crippen MR) is 115 cm³/mol. The van der Waals surface area contributed by atoms with Crippen LogP contribution in [0.15, 0.2) is 29.4 Å². The molecule has 0 aliphatic carbocycles. The second kappa shape index (κ2) is 10.8. The number of phenols is 1. The van der Waals surface area contributed by atoms with Gasteiger partial charge in [-0.25, -0.2) is 0 Å². The second-order valence-electron chi connectivity index (χ2n) is 7.09. The molecule has 11 nitrogen and oxygen atoms in total. The molecule has 2 aromatic rings. The molecule has 0 saturated carbocycles. The van der Waals surface area contributed by atoms with E-state index >= 15 is 0 Å². The summed E-state index contributed by atoms with van der Waals surface area (Å²) in [4.78, 5) is 17.7. The maximum Gasteiger partial charge on any atom is 0.321 e. The summed E-state index contributed by atoms with van der Waals surface area (Å²) >= 11 is 0. The number of hydrazone groups is 1. The third-order valence-corrected chi connectivity index (χ3v) is 4.90. The van der Waals surface area contributed by atoms with Gasteiger partial charge in [0, 0.05) is 32.7 Å². The van der Waals surface area contributed by atoms with Gasteiger partial charge in [0.2, 0.25) is 5.95 Å². The van der Waals surface area contributed by atoms with E-state index in [0.29, 0.717) is 44.7 Å². The van der Waals surface area contributed by atoms with Gasteiger partial charge in [-0.15, -0.1) is 0 Å². The smallest absolute Gasteiger partial charge is 0.321 e. The Kier molecular flexibility index (Phi) is 7.42. The van der Waals surface area contributed by atoms with Crippen LogP contribution in [-0.4, -0.2) is 96.9 Å². The SMILES string of the molecule is Oc1ccc(NN=Cc2nc(OCCN3CCOCC3)nc(N3CCOCC3)n2)cc1. The maximum atomic E-state index is 9.37. The van der Waals surface area contributed by atoms with E-state index in [2.05, 4.69) is 30.4 Å². The number of anilines is 2. The van der Waals surface area contributed by atoms with Crippen LogP contribution in [0.5, 0.6) is 11.8 Å². The normalized spacial score (nSPS) is 17.7. The third kappa shape index (κ3) is 6.48. The number of ether oxygens (including phenoxy) is 3. The molecular formula is C20H27N7O4. The van der Waals surface area contributed by atoms with E-state index in [1.165, 1.54) is 6.21 Å². The van der Waals surface area contributed by atoms with E-state index < -0.39 is 0 Å². The van der Waals surface area contributed by atoms with Crippen molar-refractivity contribution in [3.05, 3.63) is 30.1 Å². The molecule has 1 aromatic heterocycles. The van der Waals surface area contributed by atoms with Crippen molar-refractivity contribution in [2.24, 2.45) is 5.10 Å². The van der Waals surface area contributed by atoms with Crippen LogP contribution in [0, 0.1) is 0 Å². The van der Waals surface area contributed by atoms with Crippen molar-refractivity contribution >= 4 is 17.9 Å². The summed E-state index contributed by atoms with van der Waals surface area (Å²) in [7, 11) is 0. The molecule has 31 heavy (non-hydrogen) atoms. The van der Waals surface area contributed by atoms with E-state index in [0.717, 1.165) is 38.5 Å². The number of hydrogen-bond donors (Lipinski definition) is 2. The lowest BCUT2D eigenvalue weighted by atomic mass is 10.3. The number of phenolic OH excluding ortho intramolecular Hbond substituents is 1. The molecule has 1 aromatic carbocycles. The molecule has 0 unspecified atom stereocenters. The fourth-order valence-electron chi connectivity index (χ4n) is 3.18. The van der Waals surface area contributed by atoms with Crippen molar-refractivity contribution in [1.29, 1.82) is 0 Å². The lowest BCUT2D eigenvalue weighted by Crippen LogP contribution is -2.39. The summed E-state index contributed by atoms with van der Waals surface area (Å²) in [5, 5.41) is 13.6. The van der Waals surface area contributed by atoms with Gasteiger partial charge in [0.05, 0.1) is 38.3 Å². The zero-order valence-electron chi connectivity index (χ0n) is 17.3. The van der Waals surface area contributed by atoms with E-state index in [9.17, 15) is 5.11 Å². The number of nitrogens with zero attached hydrogens (tertiary/aromatic N) is 6. The van der Waals surface area contributed by atoms with Crippen LogP contribution < -0.4 is 15.1 Å². The molecule has 3 heterocycles. The van der Waals surface area contributed by atoms with Crippen molar-refractivity contribution < 1.29 is 19.3 Å². The Labute approximate surface area is 180 Å². The molecule has 0 amide bonds. The van der Waals surface area contributed by atoms with E-state index in [4.69, 9.17) is 14.2 Å². The fraction of sp³-hybridized carbons (Fsp3) is 0.500. The molecule has 2 fully saturated rings. The number of hydrogen-bond acceptors (Lipinski definition) is 11. The summed E-state index contributed by atoms with van der Waals surface area (Å²) in [6, 6.07) is 6.88. The number of rotatable bonds is 8. The molecule has 0 radical (unpaired) electrons. The molecule has 166 valence electrons. The fourth-order valence-corrected chi connectivity index (χ4v) is 3.18. The minimum Gasteiger partial charge on any atom is -0.508 e. The number of aromatic hydroxyl groups is 1. The first-order valence-electron chi connectivity index (χ1n) is 10.4. The first-order chi connectivity index (χ1) is 15.3. The first-order valence-corrected chi connectivity index (χ1v) is 10.4. The predicted octanol–water partition coefficient (Wildman–Crippen LogP) is 0.571. The Morgan fingerprint density at radius 1 is 1.00 bits per heavy atom. The largest absolute Gasteiger partial charge is 0.508 e. The molecule has 0 spiro atoms. The molecular weight excluding hydrogens is 402 g/mol. The summed E-state index contributed by atoms with van der Waals surface area (Å²) in [5.41, 5.74) is 3.62. The van der Waals surface area contributed by atoms with Crippen LogP contribution in [0.4, 0.5) is 11.6 Å². The second-order valence-corrected chi connectivity index (χ2v) is 7.09. The number of benzene rings is 1. The minimum atomic E-state index is 0.195. The van der Waals surface area contributed by atoms with Crippen molar-refractivity contribution in [2.75, 3.05) is 76.1 Å². The summed E-state index contributed by atoms with van der Waals surface area (Å²) in [5.74, 6) is 1.14. The highest BCUT2D eigenvalue weighted by atomic mass is 16.5. The van der Waals surface area contributed by atoms with E-state index in [-0.39, 0.29) is 11.8 Å².